The Balaban J connectivity index is 2.88. The van der Waals surface area contributed by atoms with Gasteiger partial charge >= 0.3 is 12.1 Å². The number of amides is 1. The third kappa shape index (κ3) is 5.26. The Kier molecular flexibility index (Phi) is 5.07. The van der Waals surface area contributed by atoms with Gasteiger partial charge in [-0.05, 0) is 46.8 Å². The van der Waals surface area contributed by atoms with Crippen LogP contribution in [0.1, 0.15) is 45.0 Å². The molecule has 1 heterocycles. The van der Waals surface area contributed by atoms with Crippen molar-refractivity contribution in [1.29, 1.82) is 0 Å². The zero-order valence-electron chi connectivity index (χ0n) is 12.4. The Morgan fingerprint density at radius 2 is 1.95 bits per heavy atom. The van der Waals surface area contributed by atoms with Crippen molar-refractivity contribution < 1.29 is 19.1 Å². The number of carbonyl (C=O) groups is 2. The third-order valence-electron chi connectivity index (χ3n) is 1.99. The van der Waals surface area contributed by atoms with Crippen LogP contribution < -0.4 is 5.32 Å². The molecule has 0 unspecified atom stereocenters. The van der Waals surface area contributed by atoms with Crippen molar-refractivity contribution in [3.05, 3.63) is 23.9 Å². The van der Waals surface area contributed by atoms with Crippen LogP contribution in [-0.2, 0) is 9.47 Å². The van der Waals surface area contributed by atoms with Crippen molar-refractivity contribution in [2.45, 2.75) is 46.3 Å². The van der Waals surface area contributed by atoms with Crippen LogP contribution in [0, 0.1) is 0 Å². The molecule has 1 rings (SSSR count). The number of carbonyl (C=O) groups excluding carboxylic acids is 2. The maximum atomic E-state index is 12.0. The van der Waals surface area contributed by atoms with Crippen molar-refractivity contribution in [2.75, 3.05) is 5.32 Å². The fraction of sp³-hybridized carbons (Fsp3) is 0.500. The van der Waals surface area contributed by atoms with E-state index in [0.717, 1.165) is 0 Å². The highest BCUT2D eigenvalue weighted by Crippen LogP contribution is 2.17. The maximum absolute atomic E-state index is 12.0. The summed E-state index contributed by atoms with van der Waals surface area (Å²) in [7, 11) is 0. The summed E-state index contributed by atoms with van der Waals surface area (Å²) in [6, 6.07) is 3.13. The molecule has 1 amide bonds. The minimum atomic E-state index is -0.663. The lowest BCUT2D eigenvalue weighted by Crippen LogP contribution is -2.26. The number of nitrogens with one attached hydrogen (secondary N) is 1. The number of esters is 1. The van der Waals surface area contributed by atoms with E-state index in [2.05, 4.69) is 10.3 Å². The normalized spacial score (nSPS) is 11.1. The monoisotopic (exact) mass is 280 g/mol. The molecule has 0 saturated carbocycles. The molecule has 0 aliphatic carbocycles. The van der Waals surface area contributed by atoms with Crippen LogP contribution in [0.3, 0.4) is 0 Å². The fourth-order valence-corrected chi connectivity index (χ4v) is 1.34. The lowest BCUT2D eigenvalue weighted by Gasteiger charge is -2.20. The molecule has 0 spiro atoms. The topological polar surface area (TPSA) is 77.5 Å². The molecule has 0 aromatic carbocycles. The van der Waals surface area contributed by atoms with Gasteiger partial charge in [0.2, 0.25) is 0 Å². The second kappa shape index (κ2) is 6.36. The molecule has 0 bridgehead atoms. The molecular formula is C14H20N2O4. The smallest absolute Gasteiger partial charge is 0.413 e. The van der Waals surface area contributed by atoms with Gasteiger partial charge in [0.05, 0.1) is 6.10 Å². The number of hydrogen-bond donors (Lipinski definition) is 1. The first-order chi connectivity index (χ1) is 9.19. The Bertz CT molecular complexity index is 492. The van der Waals surface area contributed by atoms with Crippen LogP contribution in [0.2, 0.25) is 0 Å². The van der Waals surface area contributed by atoms with Gasteiger partial charge in [0.1, 0.15) is 17.0 Å². The highest BCUT2D eigenvalue weighted by Gasteiger charge is 2.22. The van der Waals surface area contributed by atoms with E-state index in [0.29, 0.717) is 0 Å². The van der Waals surface area contributed by atoms with Gasteiger partial charge < -0.3 is 9.47 Å². The van der Waals surface area contributed by atoms with Crippen LogP contribution >= 0.6 is 0 Å². The number of rotatable bonds is 3. The second-order valence-corrected chi connectivity index (χ2v) is 5.48. The van der Waals surface area contributed by atoms with E-state index in [1.165, 1.54) is 12.3 Å². The van der Waals surface area contributed by atoms with Crippen LogP contribution in [0.25, 0.3) is 0 Å². The summed E-state index contributed by atoms with van der Waals surface area (Å²) >= 11 is 0. The Hall–Kier alpha value is -2.11. The number of nitrogens with zero attached hydrogens (tertiary/aromatic N) is 1. The molecule has 0 aliphatic rings. The quantitative estimate of drug-likeness (QED) is 0.861. The first-order valence-corrected chi connectivity index (χ1v) is 6.35. The van der Waals surface area contributed by atoms with Crippen LogP contribution in [0.5, 0.6) is 0 Å². The molecule has 6 heteroatoms. The number of aromatic nitrogens is 1. The molecule has 0 aliphatic heterocycles. The van der Waals surface area contributed by atoms with Gasteiger partial charge in [-0.15, -0.1) is 0 Å². The molecule has 1 aromatic rings. The van der Waals surface area contributed by atoms with E-state index in [4.69, 9.17) is 9.47 Å². The molecule has 20 heavy (non-hydrogen) atoms. The molecule has 1 N–H and O–H groups in total. The molecule has 6 nitrogen and oxygen atoms in total. The number of hydrogen-bond acceptors (Lipinski definition) is 5. The summed E-state index contributed by atoms with van der Waals surface area (Å²) in [6.45, 7) is 8.75. The van der Waals surface area contributed by atoms with Gasteiger partial charge in [0.15, 0.2) is 0 Å². The first kappa shape index (κ1) is 15.9. The number of pyridine rings is 1. The van der Waals surface area contributed by atoms with Gasteiger partial charge in [0.25, 0.3) is 0 Å². The predicted molar refractivity (Wildman–Crippen MR) is 74.6 cm³/mol. The molecule has 0 radical (unpaired) electrons. The molecule has 1 aromatic heterocycles. The SMILES string of the molecule is CC(C)OC(=O)Nc1ncccc1C(=O)OC(C)(C)C. The van der Waals surface area contributed by atoms with Gasteiger partial charge in [-0.3, -0.25) is 5.32 Å². The third-order valence-corrected chi connectivity index (χ3v) is 1.99. The average Bonchev–Trinajstić information content (AvgIpc) is 2.25. The van der Waals surface area contributed by atoms with Gasteiger partial charge in [0, 0.05) is 6.20 Å². The highest BCUT2D eigenvalue weighted by molar-refractivity contribution is 5.98. The van der Waals surface area contributed by atoms with Crippen LogP contribution in [0.15, 0.2) is 18.3 Å². The second-order valence-electron chi connectivity index (χ2n) is 5.48. The minimum absolute atomic E-state index is 0.118. The lowest BCUT2D eigenvalue weighted by atomic mass is 10.2. The summed E-state index contributed by atoms with van der Waals surface area (Å²) in [5.74, 6) is -0.433. The number of ether oxygens (including phenoxy) is 2. The van der Waals surface area contributed by atoms with E-state index in [9.17, 15) is 9.59 Å². The number of anilines is 1. The standard InChI is InChI=1S/C14H20N2O4/c1-9(2)19-13(18)16-11-10(7-6-8-15-11)12(17)20-14(3,4)5/h6-9H,1-5H3,(H,15,16,18). The molecule has 110 valence electrons. The van der Waals surface area contributed by atoms with E-state index < -0.39 is 17.7 Å². The van der Waals surface area contributed by atoms with E-state index in [-0.39, 0.29) is 17.5 Å². The van der Waals surface area contributed by atoms with Crippen molar-refractivity contribution in [3.8, 4) is 0 Å². The Morgan fingerprint density at radius 3 is 2.50 bits per heavy atom. The summed E-state index contributed by atoms with van der Waals surface area (Å²) in [4.78, 5) is 27.6. The maximum Gasteiger partial charge on any atom is 0.413 e. The van der Waals surface area contributed by atoms with E-state index >= 15 is 0 Å². The van der Waals surface area contributed by atoms with Gasteiger partial charge in [-0.2, -0.15) is 0 Å². The van der Waals surface area contributed by atoms with Gasteiger partial charge in [-0.25, -0.2) is 14.6 Å². The Morgan fingerprint density at radius 1 is 1.30 bits per heavy atom. The Labute approximate surface area is 118 Å². The summed E-state index contributed by atoms with van der Waals surface area (Å²) < 4.78 is 10.2. The first-order valence-electron chi connectivity index (χ1n) is 6.35. The van der Waals surface area contributed by atoms with Crippen molar-refractivity contribution in [1.82, 2.24) is 4.98 Å². The van der Waals surface area contributed by atoms with E-state index in [1.807, 2.05) is 0 Å². The average molecular weight is 280 g/mol. The molecule has 0 saturated heterocycles. The molecule has 0 fully saturated rings. The summed E-state index contributed by atoms with van der Waals surface area (Å²) in [5, 5.41) is 2.44. The zero-order chi connectivity index (χ0) is 15.3. The highest BCUT2D eigenvalue weighted by atomic mass is 16.6. The van der Waals surface area contributed by atoms with Crippen molar-refractivity contribution in [2.24, 2.45) is 0 Å². The lowest BCUT2D eigenvalue weighted by molar-refractivity contribution is 0.00704. The minimum Gasteiger partial charge on any atom is -0.456 e. The van der Waals surface area contributed by atoms with Crippen molar-refractivity contribution in [3.63, 3.8) is 0 Å². The summed E-state index contributed by atoms with van der Waals surface area (Å²) in [5.41, 5.74) is -0.439. The zero-order valence-corrected chi connectivity index (χ0v) is 12.4. The molecular weight excluding hydrogens is 260 g/mol. The fourth-order valence-electron chi connectivity index (χ4n) is 1.34. The summed E-state index contributed by atoms with van der Waals surface area (Å²) in [6.07, 6.45) is 0.547. The van der Waals surface area contributed by atoms with Crippen LogP contribution in [0.4, 0.5) is 10.6 Å². The molecule has 0 atom stereocenters. The van der Waals surface area contributed by atoms with Crippen LogP contribution in [-0.4, -0.2) is 28.8 Å². The van der Waals surface area contributed by atoms with Crippen molar-refractivity contribution >= 4 is 17.9 Å². The predicted octanol–water partition coefficient (Wildman–Crippen LogP) is 2.99. The largest absolute Gasteiger partial charge is 0.456 e. The van der Waals surface area contributed by atoms with Gasteiger partial charge in [-0.1, -0.05) is 0 Å². The van der Waals surface area contributed by atoms with E-state index in [1.54, 1.807) is 40.7 Å².